The fourth-order valence-corrected chi connectivity index (χ4v) is 0.699. The minimum absolute atomic E-state index is 0.595. The quantitative estimate of drug-likeness (QED) is 0.639. The van der Waals surface area contributed by atoms with Crippen molar-refractivity contribution in [2.45, 2.75) is 29.9 Å². The summed E-state index contributed by atoms with van der Waals surface area (Å²) < 4.78 is 0. The second-order valence-electron chi connectivity index (χ2n) is 1.60. The van der Waals surface area contributed by atoms with Crippen LogP contribution in [0.3, 0.4) is 0 Å². The van der Waals surface area contributed by atoms with Crippen molar-refractivity contribution in [3.8, 4) is 0 Å². The lowest BCUT2D eigenvalue weighted by Gasteiger charge is -2.06. The molecule has 44 valence electrons. The Morgan fingerprint density at radius 1 is 1.43 bits per heavy atom. The average molecular weight is 230 g/mol. The summed E-state index contributed by atoms with van der Waals surface area (Å²) in [7, 11) is 0. The van der Waals surface area contributed by atoms with Gasteiger partial charge in [-0.1, -0.05) is 45.7 Å². The Balaban J connectivity index is 3.14. The zero-order valence-corrected chi connectivity index (χ0v) is 7.79. The van der Waals surface area contributed by atoms with Crippen LogP contribution in [0.2, 0.25) is 0 Å². The van der Waals surface area contributed by atoms with Gasteiger partial charge in [0.05, 0.1) is 0 Å². The number of hydrogen-bond acceptors (Lipinski definition) is 0. The first kappa shape index (κ1) is 7.96. The molecule has 0 amide bonds. The summed E-state index contributed by atoms with van der Waals surface area (Å²) in [4.78, 5) is 1.23. The third-order valence-corrected chi connectivity index (χ3v) is 3.68. The Hall–Kier alpha value is 0.960. The SMILES string of the molecule is CC[C@H](Br)[C@@H](C)Br. The maximum absolute atomic E-state index is 3.49. The zero-order chi connectivity index (χ0) is 5.86. The summed E-state index contributed by atoms with van der Waals surface area (Å²) in [6.45, 7) is 4.31. The number of hydrogen-bond donors (Lipinski definition) is 0. The molecule has 0 aromatic carbocycles. The van der Waals surface area contributed by atoms with E-state index in [0.29, 0.717) is 9.65 Å². The lowest BCUT2D eigenvalue weighted by molar-refractivity contribution is 0.831. The predicted molar refractivity (Wildman–Crippen MR) is 41.4 cm³/mol. The predicted octanol–water partition coefficient (Wildman–Crippen LogP) is 2.94. The van der Waals surface area contributed by atoms with E-state index in [-0.39, 0.29) is 0 Å². The van der Waals surface area contributed by atoms with Gasteiger partial charge in [0.15, 0.2) is 0 Å². The lowest BCUT2D eigenvalue weighted by atomic mass is 10.3. The van der Waals surface area contributed by atoms with Crippen LogP contribution >= 0.6 is 31.9 Å². The van der Waals surface area contributed by atoms with Gasteiger partial charge in [0.2, 0.25) is 0 Å². The van der Waals surface area contributed by atoms with E-state index in [4.69, 9.17) is 0 Å². The van der Waals surface area contributed by atoms with Gasteiger partial charge in [0.25, 0.3) is 0 Å². The van der Waals surface area contributed by atoms with E-state index in [2.05, 4.69) is 45.7 Å². The Labute approximate surface area is 61.9 Å². The van der Waals surface area contributed by atoms with Crippen LogP contribution in [0.5, 0.6) is 0 Å². The molecule has 0 aliphatic carbocycles. The van der Waals surface area contributed by atoms with Crippen LogP contribution in [0.25, 0.3) is 0 Å². The summed E-state index contributed by atoms with van der Waals surface area (Å²) in [6.07, 6.45) is 1.19. The number of halogens is 2. The molecule has 0 saturated heterocycles. The smallest absolute Gasteiger partial charge is 0.0265 e. The lowest BCUT2D eigenvalue weighted by Crippen LogP contribution is -2.06. The summed E-state index contributed by atoms with van der Waals surface area (Å²) >= 11 is 6.95. The molecule has 0 N–H and O–H groups in total. The van der Waals surface area contributed by atoms with Gasteiger partial charge in [0, 0.05) is 9.65 Å². The van der Waals surface area contributed by atoms with Crippen molar-refractivity contribution in [3.05, 3.63) is 0 Å². The zero-order valence-electron chi connectivity index (χ0n) is 4.62. The Morgan fingerprint density at radius 2 is 1.86 bits per heavy atom. The largest absolute Gasteiger partial charge is 0.0882 e. The molecular formula is C5H10Br2. The molecule has 0 nitrogen and oxygen atoms in total. The van der Waals surface area contributed by atoms with Crippen LogP contribution in [0.4, 0.5) is 0 Å². The Kier molecular flexibility index (Phi) is 4.44. The molecule has 0 aliphatic heterocycles. The molecule has 0 fully saturated rings. The molecule has 2 heteroatoms. The summed E-state index contributed by atoms with van der Waals surface area (Å²) in [6, 6.07) is 0. The topological polar surface area (TPSA) is 0 Å². The van der Waals surface area contributed by atoms with Gasteiger partial charge in [-0.3, -0.25) is 0 Å². The molecule has 0 aromatic heterocycles. The summed E-state index contributed by atoms with van der Waals surface area (Å²) in [5, 5.41) is 0. The third-order valence-electron chi connectivity index (χ3n) is 0.888. The van der Waals surface area contributed by atoms with E-state index in [0.717, 1.165) is 0 Å². The maximum atomic E-state index is 3.49. The van der Waals surface area contributed by atoms with Crippen molar-refractivity contribution in [2.75, 3.05) is 0 Å². The van der Waals surface area contributed by atoms with Crippen LogP contribution in [0, 0.1) is 0 Å². The van der Waals surface area contributed by atoms with E-state index in [1.54, 1.807) is 0 Å². The molecule has 2 atom stereocenters. The number of alkyl halides is 2. The van der Waals surface area contributed by atoms with Crippen LogP contribution in [0.15, 0.2) is 0 Å². The first-order chi connectivity index (χ1) is 3.18. The van der Waals surface area contributed by atoms with Crippen molar-refractivity contribution >= 4 is 31.9 Å². The summed E-state index contributed by atoms with van der Waals surface area (Å²) in [5.41, 5.74) is 0. The molecule has 0 bridgehead atoms. The molecule has 0 aliphatic rings. The van der Waals surface area contributed by atoms with Gasteiger partial charge in [0.1, 0.15) is 0 Å². The van der Waals surface area contributed by atoms with Crippen molar-refractivity contribution < 1.29 is 0 Å². The Bertz CT molecular complexity index is 43.3. The second-order valence-corrected chi connectivity index (χ2v) is 4.22. The van der Waals surface area contributed by atoms with Crippen LogP contribution in [-0.2, 0) is 0 Å². The van der Waals surface area contributed by atoms with Gasteiger partial charge in [-0.2, -0.15) is 0 Å². The first-order valence-electron chi connectivity index (χ1n) is 2.46. The van der Waals surface area contributed by atoms with Crippen LogP contribution in [-0.4, -0.2) is 9.65 Å². The van der Waals surface area contributed by atoms with E-state index in [1.165, 1.54) is 6.42 Å². The molecule has 0 rings (SSSR count). The molecule has 0 saturated carbocycles. The highest BCUT2D eigenvalue weighted by atomic mass is 79.9. The van der Waals surface area contributed by atoms with Gasteiger partial charge < -0.3 is 0 Å². The van der Waals surface area contributed by atoms with Gasteiger partial charge in [-0.15, -0.1) is 0 Å². The molecule has 0 spiro atoms. The van der Waals surface area contributed by atoms with E-state index < -0.39 is 0 Å². The molecule has 7 heavy (non-hydrogen) atoms. The minimum atomic E-state index is 0.595. The standard InChI is InChI=1S/C5H10Br2/c1-3-5(7)4(2)6/h4-5H,3H2,1-2H3/t4-,5+/m1/s1. The van der Waals surface area contributed by atoms with Crippen molar-refractivity contribution in [2.24, 2.45) is 0 Å². The fraction of sp³-hybridized carbons (Fsp3) is 1.00. The van der Waals surface area contributed by atoms with Gasteiger partial charge in [-0.05, 0) is 6.42 Å². The van der Waals surface area contributed by atoms with E-state index in [9.17, 15) is 0 Å². The van der Waals surface area contributed by atoms with Crippen LogP contribution < -0.4 is 0 Å². The van der Waals surface area contributed by atoms with Crippen molar-refractivity contribution in [1.29, 1.82) is 0 Å². The normalized spacial score (nSPS) is 18.9. The second kappa shape index (κ2) is 3.90. The minimum Gasteiger partial charge on any atom is -0.0882 e. The Morgan fingerprint density at radius 3 is 1.86 bits per heavy atom. The molecule has 0 aromatic rings. The molecular weight excluding hydrogens is 220 g/mol. The maximum Gasteiger partial charge on any atom is 0.0265 e. The average Bonchev–Trinajstić information content (AvgIpc) is 1.65. The third kappa shape index (κ3) is 3.53. The highest BCUT2D eigenvalue weighted by Crippen LogP contribution is 2.15. The molecule has 0 unspecified atom stereocenters. The molecule has 0 radical (unpaired) electrons. The van der Waals surface area contributed by atoms with Gasteiger partial charge >= 0.3 is 0 Å². The fourth-order valence-electron chi connectivity index (χ4n) is 0.325. The molecule has 0 heterocycles. The van der Waals surface area contributed by atoms with Crippen molar-refractivity contribution in [3.63, 3.8) is 0 Å². The summed E-state index contributed by atoms with van der Waals surface area (Å²) in [5.74, 6) is 0. The monoisotopic (exact) mass is 228 g/mol. The van der Waals surface area contributed by atoms with Crippen molar-refractivity contribution in [1.82, 2.24) is 0 Å². The van der Waals surface area contributed by atoms with E-state index >= 15 is 0 Å². The van der Waals surface area contributed by atoms with E-state index in [1.807, 2.05) is 0 Å². The van der Waals surface area contributed by atoms with Crippen LogP contribution in [0.1, 0.15) is 20.3 Å². The van der Waals surface area contributed by atoms with Gasteiger partial charge in [-0.25, -0.2) is 0 Å². The first-order valence-corrected chi connectivity index (χ1v) is 4.29. The highest BCUT2D eigenvalue weighted by Gasteiger charge is 2.05. The number of rotatable bonds is 2. The highest BCUT2D eigenvalue weighted by molar-refractivity contribution is 9.12.